The standard InChI is InChI=1S/C19H19N5O3S/c1-13-9-15-10-14(3-5-17(15)24(13)28(2,26)27)19(25)22-16-4-6-18(21-11-16)23-8-7-20-12-23/h3-8,10-13H,9H2,1-2H3,(H,22,25). The summed E-state index contributed by atoms with van der Waals surface area (Å²) >= 11 is 0. The van der Waals surface area contributed by atoms with E-state index in [1.54, 1.807) is 59.8 Å². The molecule has 0 aliphatic carbocycles. The summed E-state index contributed by atoms with van der Waals surface area (Å²) in [5.41, 5.74) is 2.53. The van der Waals surface area contributed by atoms with Crippen molar-refractivity contribution in [3.63, 3.8) is 0 Å². The normalized spacial score (nSPS) is 16.1. The minimum atomic E-state index is -3.35. The molecule has 3 aromatic rings. The number of carbonyl (C=O) groups is 1. The van der Waals surface area contributed by atoms with Gasteiger partial charge < -0.3 is 5.32 Å². The van der Waals surface area contributed by atoms with Gasteiger partial charge >= 0.3 is 0 Å². The average molecular weight is 397 g/mol. The Morgan fingerprint density at radius 3 is 2.71 bits per heavy atom. The lowest BCUT2D eigenvalue weighted by atomic mass is 10.1. The highest BCUT2D eigenvalue weighted by Gasteiger charge is 2.32. The molecule has 144 valence electrons. The van der Waals surface area contributed by atoms with Crippen molar-refractivity contribution in [3.05, 3.63) is 66.4 Å². The number of nitrogens with zero attached hydrogens (tertiary/aromatic N) is 4. The smallest absolute Gasteiger partial charge is 0.255 e. The average Bonchev–Trinajstić information content (AvgIpc) is 3.27. The van der Waals surface area contributed by atoms with Gasteiger partial charge in [0, 0.05) is 24.0 Å². The number of fused-ring (bicyclic) bond motifs is 1. The second-order valence-corrected chi connectivity index (χ2v) is 8.64. The van der Waals surface area contributed by atoms with Gasteiger partial charge in [0.05, 0.1) is 23.8 Å². The molecule has 1 amide bonds. The molecule has 0 radical (unpaired) electrons. The molecule has 0 fully saturated rings. The van der Waals surface area contributed by atoms with Gasteiger partial charge in [-0.3, -0.25) is 13.7 Å². The van der Waals surface area contributed by atoms with E-state index in [2.05, 4.69) is 15.3 Å². The molecule has 1 aromatic carbocycles. The Kier molecular flexibility index (Phi) is 4.38. The number of aromatic nitrogens is 3. The molecule has 1 aliphatic heterocycles. The molecule has 4 rings (SSSR count). The Morgan fingerprint density at radius 1 is 1.25 bits per heavy atom. The fraction of sp³-hybridized carbons (Fsp3) is 0.211. The molecule has 1 N–H and O–H groups in total. The Balaban J connectivity index is 1.53. The van der Waals surface area contributed by atoms with Crippen molar-refractivity contribution in [3.8, 4) is 5.82 Å². The zero-order chi connectivity index (χ0) is 19.9. The molecular formula is C19H19N5O3S. The van der Waals surface area contributed by atoms with Gasteiger partial charge in [0.1, 0.15) is 12.1 Å². The number of imidazole rings is 1. The van der Waals surface area contributed by atoms with E-state index in [0.29, 0.717) is 29.2 Å². The SMILES string of the molecule is CC1Cc2cc(C(=O)Nc3ccc(-n4ccnc4)nc3)ccc2N1S(C)(=O)=O. The molecule has 3 heterocycles. The number of pyridine rings is 1. The van der Waals surface area contributed by atoms with Gasteiger partial charge in [0.25, 0.3) is 5.91 Å². The van der Waals surface area contributed by atoms with Gasteiger partial charge in [0.15, 0.2) is 0 Å². The monoisotopic (exact) mass is 397 g/mol. The Labute approximate surface area is 162 Å². The molecule has 28 heavy (non-hydrogen) atoms. The van der Waals surface area contributed by atoms with Gasteiger partial charge in [-0.1, -0.05) is 0 Å². The Hall–Kier alpha value is -3.20. The zero-order valence-corrected chi connectivity index (χ0v) is 16.2. The Morgan fingerprint density at radius 2 is 2.07 bits per heavy atom. The summed E-state index contributed by atoms with van der Waals surface area (Å²) in [6.45, 7) is 1.86. The van der Waals surface area contributed by atoms with E-state index in [-0.39, 0.29) is 11.9 Å². The summed E-state index contributed by atoms with van der Waals surface area (Å²) in [7, 11) is -3.35. The molecular weight excluding hydrogens is 378 g/mol. The topological polar surface area (TPSA) is 97.2 Å². The van der Waals surface area contributed by atoms with Gasteiger partial charge in [-0.2, -0.15) is 0 Å². The number of rotatable bonds is 4. The highest BCUT2D eigenvalue weighted by atomic mass is 32.2. The van der Waals surface area contributed by atoms with Crippen LogP contribution >= 0.6 is 0 Å². The quantitative estimate of drug-likeness (QED) is 0.728. The van der Waals surface area contributed by atoms with Crippen LogP contribution in [0.4, 0.5) is 11.4 Å². The van der Waals surface area contributed by atoms with E-state index in [4.69, 9.17) is 0 Å². The number of hydrogen-bond donors (Lipinski definition) is 1. The maximum absolute atomic E-state index is 12.6. The van der Waals surface area contributed by atoms with Crippen LogP contribution in [-0.4, -0.2) is 41.2 Å². The third kappa shape index (κ3) is 3.36. The van der Waals surface area contributed by atoms with E-state index < -0.39 is 10.0 Å². The van der Waals surface area contributed by atoms with E-state index in [1.165, 1.54) is 10.6 Å². The second-order valence-electron chi connectivity index (χ2n) is 6.78. The first-order valence-electron chi connectivity index (χ1n) is 8.71. The second kappa shape index (κ2) is 6.75. The van der Waals surface area contributed by atoms with Gasteiger partial charge in [-0.25, -0.2) is 18.4 Å². The molecule has 2 aromatic heterocycles. The predicted molar refractivity (Wildman–Crippen MR) is 106 cm³/mol. The first-order valence-corrected chi connectivity index (χ1v) is 10.6. The van der Waals surface area contributed by atoms with Crippen LogP contribution in [0.15, 0.2) is 55.2 Å². The summed E-state index contributed by atoms with van der Waals surface area (Å²) in [6, 6.07) is 8.46. The van der Waals surface area contributed by atoms with Crippen LogP contribution < -0.4 is 9.62 Å². The summed E-state index contributed by atoms with van der Waals surface area (Å²) in [4.78, 5) is 20.9. The van der Waals surface area contributed by atoms with Crippen LogP contribution in [0, 0.1) is 0 Å². The maximum atomic E-state index is 12.6. The largest absolute Gasteiger partial charge is 0.321 e. The zero-order valence-electron chi connectivity index (χ0n) is 15.4. The number of benzene rings is 1. The molecule has 8 nitrogen and oxygen atoms in total. The highest BCUT2D eigenvalue weighted by Crippen LogP contribution is 2.34. The van der Waals surface area contributed by atoms with Crippen molar-refractivity contribution in [1.82, 2.24) is 14.5 Å². The highest BCUT2D eigenvalue weighted by molar-refractivity contribution is 7.92. The summed E-state index contributed by atoms with van der Waals surface area (Å²) in [6.07, 6.45) is 8.44. The molecule has 0 saturated carbocycles. The fourth-order valence-corrected chi connectivity index (χ4v) is 4.72. The van der Waals surface area contributed by atoms with Gasteiger partial charge in [-0.15, -0.1) is 0 Å². The minimum absolute atomic E-state index is 0.164. The molecule has 9 heteroatoms. The number of anilines is 2. The van der Waals surface area contributed by atoms with Crippen LogP contribution in [0.1, 0.15) is 22.8 Å². The van der Waals surface area contributed by atoms with E-state index >= 15 is 0 Å². The van der Waals surface area contributed by atoms with E-state index in [9.17, 15) is 13.2 Å². The third-order valence-corrected chi connectivity index (χ3v) is 5.90. The van der Waals surface area contributed by atoms with Crippen molar-refractivity contribution in [2.75, 3.05) is 15.9 Å². The number of nitrogens with one attached hydrogen (secondary N) is 1. The van der Waals surface area contributed by atoms with Crippen molar-refractivity contribution < 1.29 is 13.2 Å². The lowest BCUT2D eigenvalue weighted by Crippen LogP contribution is -2.34. The van der Waals surface area contributed by atoms with Crippen molar-refractivity contribution >= 4 is 27.3 Å². The van der Waals surface area contributed by atoms with Crippen molar-refractivity contribution in [2.24, 2.45) is 0 Å². The molecule has 1 unspecified atom stereocenters. The van der Waals surface area contributed by atoms with Crippen LogP contribution in [0.2, 0.25) is 0 Å². The number of hydrogen-bond acceptors (Lipinski definition) is 5. The van der Waals surface area contributed by atoms with Crippen LogP contribution in [0.3, 0.4) is 0 Å². The number of amides is 1. The van der Waals surface area contributed by atoms with Crippen molar-refractivity contribution in [2.45, 2.75) is 19.4 Å². The fourth-order valence-electron chi connectivity index (χ4n) is 3.46. The predicted octanol–water partition coefficient (Wildman–Crippen LogP) is 2.23. The molecule has 1 atom stereocenters. The van der Waals surface area contributed by atoms with E-state index in [1.807, 2.05) is 6.92 Å². The molecule has 1 aliphatic rings. The summed E-state index contributed by atoms with van der Waals surface area (Å²) < 4.78 is 27.2. The molecule has 0 saturated heterocycles. The summed E-state index contributed by atoms with van der Waals surface area (Å²) in [5, 5.41) is 2.82. The van der Waals surface area contributed by atoms with Crippen molar-refractivity contribution in [1.29, 1.82) is 0 Å². The molecule has 0 spiro atoms. The van der Waals surface area contributed by atoms with Crippen LogP contribution in [0.25, 0.3) is 5.82 Å². The van der Waals surface area contributed by atoms with Crippen LogP contribution in [0.5, 0.6) is 0 Å². The lowest BCUT2D eigenvalue weighted by molar-refractivity contribution is 0.102. The van der Waals surface area contributed by atoms with Gasteiger partial charge in [-0.05, 0) is 49.2 Å². The lowest BCUT2D eigenvalue weighted by Gasteiger charge is -2.21. The third-order valence-electron chi connectivity index (χ3n) is 4.63. The van der Waals surface area contributed by atoms with Gasteiger partial charge in [0.2, 0.25) is 10.0 Å². The van der Waals surface area contributed by atoms with E-state index in [0.717, 1.165) is 5.56 Å². The molecule has 0 bridgehead atoms. The minimum Gasteiger partial charge on any atom is -0.321 e. The number of sulfonamides is 1. The number of carbonyl (C=O) groups excluding carboxylic acids is 1. The maximum Gasteiger partial charge on any atom is 0.255 e. The Bertz CT molecular complexity index is 1120. The first-order chi connectivity index (χ1) is 13.3. The summed E-state index contributed by atoms with van der Waals surface area (Å²) in [5.74, 6) is 0.424. The first kappa shape index (κ1) is 18.2. The van der Waals surface area contributed by atoms with Crippen LogP contribution in [-0.2, 0) is 16.4 Å².